The molecule has 1 unspecified atom stereocenters. The molecule has 1 atom stereocenters. The molecule has 0 amide bonds. The molecule has 0 aromatic rings. The minimum Gasteiger partial charge on any atom is -0.462 e. The first-order valence-corrected chi connectivity index (χ1v) is 29.8. The maximum absolute atomic E-state index is 12.9. The van der Waals surface area contributed by atoms with E-state index in [9.17, 15) is 14.4 Å². The average molecular weight is 966 g/mol. The number of carbonyl (C=O) groups is 3. The number of rotatable bonds is 54. The summed E-state index contributed by atoms with van der Waals surface area (Å²) < 4.78 is 16.9. The van der Waals surface area contributed by atoms with Crippen LogP contribution in [0.1, 0.15) is 303 Å². The molecule has 69 heavy (non-hydrogen) atoms. The number of hydrogen-bond donors (Lipinski definition) is 0. The van der Waals surface area contributed by atoms with Crippen molar-refractivity contribution in [3.8, 4) is 0 Å². The van der Waals surface area contributed by atoms with Gasteiger partial charge in [-0.3, -0.25) is 14.4 Å². The second kappa shape index (κ2) is 57.7. The minimum atomic E-state index is -0.784. The van der Waals surface area contributed by atoms with Crippen LogP contribution in [0.3, 0.4) is 0 Å². The van der Waals surface area contributed by atoms with Crippen LogP contribution < -0.4 is 0 Å². The average Bonchev–Trinajstić information content (AvgIpc) is 3.35. The molecule has 0 aliphatic heterocycles. The SMILES string of the molecule is CCCCC/C=C\C/C=C\CCCCCCCCCCCC(=O)OCC(COC(=O)CCCCCCC/C=C\C/C=C\CCCCC)OC(=O)CCCCCCCCC/C=C\CCCCCCCC. The summed E-state index contributed by atoms with van der Waals surface area (Å²) in [6, 6.07) is 0. The van der Waals surface area contributed by atoms with Crippen molar-refractivity contribution in [1.82, 2.24) is 0 Å². The number of esters is 3. The summed E-state index contributed by atoms with van der Waals surface area (Å²) in [6.07, 6.45) is 72.0. The molecule has 0 radical (unpaired) electrons. The molecule has 0 spiro atoms. The van der Waals surface area contributed by atoms with E-state index < -0.39 is 6.10 Å². The fourth-order valence-corrected chi connectivity index (χ4v) is 8.44. The van der Waals surface area contributed by atoms with Crippen LogP contribution in [-0.4, -0.2) is 37.2 Å². The molecule has 0 rings (SSSR count). The van der Waals surface area contributed by atoms with Gasteiger partial charge >= 0.3 is 17.9 Å². The number of unbranched alkanes of at least 4 members (excludes halogenated alkanes) is 33. The third kappa shape index (κ3) is 55.9. The Morgan fingerprint density at radius 1 is 0.290 bits per heavy atom. The van der Waals surface area contributed by atoms with Crippen LogP contribution >= 0.6 is 0 Å². The Morgan fingerprint density at radius 3 is 0.841 bits per heavy atom. The number of carbonyl (C=O) groups excluding carboxylic acids is 3. The Bertz CT molecular complexity index is 1250. The van der Waals surface area contributed by atoms with Gasteiger partial charge in [-0.15, -0.1) is 0 Å². The highest BCUT2D eigenvalue weighted by atomic mass is 16.6. The van der Waals surface area contributed by atoms with Crippen molar-refractivity contribution in [1.29, 1.82) is 0 Å². The van der Waals surface area contributed by atoms with Gasteiger partial charge in [-0.2, -0.15) is 0 Å². The largest absolute Gasteiger partial charge is 0.462 e. The Hall–Kier alpha value is -2.89. The first-order valence-electron chi connectivity index (χ1n) is 29.8. The summed E-state index contributed by atoms with van der Waals surface area (Å²) in [6.45, 7) is 6.60. The molecule has 0 aliphatic rings. The molecule has 6 heteroatoms. The van der Waals surface area contributed by atoms with Crippen molar-refractivity contribution in [2.75, 3.05) is 13.2 Å². The second-order valence-electron chi connectivity index (χ2n) is 19.9. The third-order valence-corrected chi connectivity index (χ3v) is 13.0. The summed E-state index contributed by atoms with van der Waals surface area (Å²) in [5.74, 6) is -0.892. The molecule has 0 fully saturated rings. The lowest BCUT2D eigenvalue weighted by Crippen LogP contribution is -2.30. The van der Waals surface area contributed by atoms with E-state index in [0.717, 1.165) is 83.5 Å². The molecule has 0 aromatic carbocycles. The van der Waals surface area contributed by atoms with Crippen LogP contribution in [0, 0.1) is 0 Å². The van der Waals surface area contributed by atoms with Gasteiger partial charge < -0.3 is 14.2 Å². The summed E-state index contributed by atoms with van der Waals surface area (Å²) in [4.78, 5) is 38.2. The zero-order chi connectivity index (χ0) is 50.0. The number of hydrogen-bond acceptors (Lipinski definition) is 6. The molecule has 0 aromatic heterocycles. The predicted molar refractivity (Wildman–Crippen MR) is 298 cm³/mol. The minimum absolute atomic E-state index is 0.0816. The van der Waals surface area contributed by atoms with Gasteiger partial charge in [0.2, 0.25) is 0 Å². The van der Waals surface area contributed by atoms with E-state index in [1.54, 1.807) is 0 Å². The second-order valence-corrected chi connectivity index (χ2v) is 19.9. The maximum atomic E-state index is 12.9. The Balaban J connectivity index is 4.39. The zero-order valence-corrected chi connectivity index (χ0v) is 45.8. The lowest BCUT2D eigenvalue weighted by atomic mass is 10.1. The quantitative estimate of drug-likeness (QED) is 0.0262. The monoisotopic (exact) mass is 965 g/mol. The van der Waals surface area contributed by atoms with Crippen molar-refractivity contribution >= 4 is 17.9 Å². The molecule has 0 N–H and O–H groups in total. The smallest absolute Gasteiger partial charge is 0.306 e. The highest BCUT2D eigenvalue weighted by Crippen LogP contribution is 2.15. The van der Waals surface area contributed by atoms with Crippen LogP contribution in [0.25, 0.3) is 0 Å². The van der Waals surface area contributed by atoms with E-state index in [0.29, 0.717) is 19.3 Å². The molecule has 0 aliphatic carbocycles. The molecule has 0 bridgehead atoms. The Kier molecular flexibility index (Phi) is 55.3. The molecule has 400 valence electrons. The molecule has 0 heterocycles. The van der Waals surface area contributed by atoms with Gasteiger partial charge in [0.15, 0.2) is 6.10 Å². The molecular formula is C63H112O6. The van der Waals surface area contributed by atoms with Crippen molar-refractivity contribution in [3.05, 3.63) is 60.8 Å². The van der Waals surface area contributed by atoms with Gasteiger partial charge in [0.25, 0.3) is 0 Å². The van der Waals surface area contributed by atoms with Gasteiger partial charge in [0.1, 0.15) is 13.2 Å². The standard InChI is InChI=1S/C63H112O6/c1-4-7-10-13-16-19-22-25-28-30-31-33-35-38-41-44-47-50-53-56-62(65)68-59-60(58-67-61(64)55-52-49-46-43-40-37-34-27-24-21-18-15-12-9-6-3)69-63(66)57-54-51-48-45-42-39-36-32-29-26-23-20-17-14-11-8-5-2/h16,18-19,21,25-29,34,60H,4-15,17,20,22-24,30-33,35-59H2,1-3H3/b19-16-,21-18-,28-25-,29-26-,34-27-. The van der Waals surface area contributed by atoms with E-state index in [4.69, 9.17) is 14.2 Å². The fourth-order valence-electron chi connectivity index (χ4n) is 8.44. The van der Waals surface area contributed by atoms with Crippen LogP contribution in [0.5, 0.6) is 0 Å². The Labute approximate surface area is 428 Å². The summed E-state index contributed by atoms with van der Waals surface area (Å²) in [5.41, 5.74) is 0. The lowest BCUT2D eigenvalue weighted by molar-refractivity contribution is -0.167. The first-order chi connectivity index (χ1) is 34.0. The van der Waals surface area contributed by atoms with Crippen molar-refractivity contribution in [2.24, 2.45) is 0 Å². The van der Waals surface area contributed by atoms with Gasteiger partial charge in [-0.25, -0.2) is 0 Å². The zero-order valence-electron chi connectivity index (χ0n) is 45.8. The first kappa shape index (κ1) is 66.1. The van der Waals surface area contributed by atoms with E-state index in [1.165, 1.54) is 180 Å². The summed E-state index contributed by atoms with van der Waals surface area (Å²) in [7, 11) is 0. The van der Waals surface area contributed by atoms with Crippen molar-refractivity contribution < 1.29 is 28.6 Å². The molecule has 6 nitrogen and oxygen atoms in total. The summed E-state index contributed by atoms with van der Waals surface area (Å²) in [5, 5.41) is 0. The highest BCUT2D eigenvalue weighted by molar-refractivity contribution is 5.71. The lowest BCUT2D eigenvalue weighted by Gasteiger charge is -2.18. The van der Waals surface area contributed by atoms with Gasteiger partial charge in [0.05, 0.1) is 0 Å². The van der Waals surface area contributed by atoms with E-state index in [2.05, 4.69) is 81.5 Å². The van der Waals surface area contributed by atoms with Gasteiger partial charge in [-0.1, -0.05) is 236 Å². The normalized spacial score (nSPS) is 12.4. The molecule has 0 saturated heterocycles. The summed E-state index contributed by atoms with van der Waals surface area (Å²) >= 11 is 0. The van der Waals surface area contributed by atoms with E-state index >= 15 is 0 Å². The van der Waals surface area contributed by atoms with E-state index in [1.807, 2.05) is 0 Å². The number of ether oxygens (including phenoxy) is 3. The van der Waals surface area contributed by atoms with Crippen molar-refractivity contribution in [2.45, 2.75) is 309 Å². The highest BCUT2D eigenvalue weighted by Gasteiger charge is 2.19. The van der Waals surface area contributed by atoms with E-state index in [-0.39, 0.29) is 31.1 Å². The predicted octanol–water partition coefficient (Wildman–Crippen LogP) is 20.0. The molecular weight excluding hydrogens is 853 g/mol. The number of allylic oxidation sites excluding steroid dienone is 10. The van der Waals surface area contributed by atoms with Crippen LogP contribution in [-0.2, 0) is 28.6 Å². The van der Waals surface area contributed by atoms with Crippen LogP contribution in [0.4, 0.5) is 0 Å². The van der Waals surface area contributed by atoms with Crippen LogP contribution in [0.15, 0.2) is 60.8 Å². The topological polar surface area (TPSA) is 78.9 Å². The third-order valence-electron chi connectivity index (χ3n) is 13.0. The van der Waals surface area contributed by atoms with Gasteiger partial charge in [-0.05, 0) is 109 Å². The van der Waals surface area contributed by atoms with Crippen molar-refractivity contribution in [3.63, 3.8) is 0 Å². The fraction of sp³-hybridized carbons (Fsp3) is 0.794. The Morgan fingerprint density at radius 2 is 0.522 bits per heavy atom. The van der Waals surface area contributed by atoms with Gasteiger partial charge in [0, 0.05) is 19.3 Å². The maximum Gasteiger partial charge on any atom is 0.306 e. The molecule has 0 saturated carbocycles. The van der Waals surface area contributed by atoms with Crippen LogP contribution in [0.2, 0.25) is 0 Å².